The summed E-state index contributed by atoms with van der Waals surface area (Å²) >= 11 is 0. The summed E-state index contributed by atoms with van der Waals surface area (Å²) in [6.45, 7) is 0. The maximum absolute atomic E-state index is 13.0. The number of rotatable bonds is 2. The number of nitrogens with zero attached hydrogens (tertiary/aromatic N) is 4. The van der Waals surface area contributed by atoms with E-state index in [1.54, 1.807) is 36.7 Å². The summed E-state index contributed by atoms with van der Waals surface area (Å²) in [5, 5.41) is 13.7. The predicted molar refractivity (Wildman–Crippen MR) is 75.9 cm³/mol. The van der Waals surface area contributed by atoms with Gasteiger partial charge in [-0.2, -0.15) is 10.4 Å². The number of hydrogen-bond donors (Lipinski definition) is 1. The normalized spacial score (nSPS) is 10.3. The minimum Gasteiger partial charge on any atom is -0.382 e. The van der Waals surface area contributed by atoms with E-state index in [9.17, 15) is 9.65 Å². The van der Waals surface area contributed by atoms with E-state index in [0.29, 0.717) is 16.9 Å². The van der Waals surface area contributed by atoms with Crippen LogP contribution in [0.25, 0.3) is 16.9 Å². The van der Waals surface area contributed by atoms with Crippen molar-refractivity contribution < 1.29 is 4.39 Å². The van der Waals surface area contributed by atoms with Crippen LogP contribution < -0.4 is 5.73 Å². The quantitative estimate of drug-likeness (QED) is 0.781. The van der Waals surface area contributed by atoms with Crippen LogP contribution in [0.1, 0.15) is 5.56 Å². The SMILES string of the molecule is N#Cc1c(-c2ccc(F)cc2)nn(-c2ccncc2)c1N. The number of aromatic nitrogens is 3. The van der Waals surface area contributed by atoms with Crippen molar-refractivity contribution >= 4 is 5.82 Å². The number of nitrogens with two attached hydrogens (primary N) is 1. The van der Waals surface area contributed by atoms with Crippen molar-refractivity contribution in [1.82, 2.24) is 14.8 Å². The van der Waals surface area contributed by atoms with E-state index in [1.165, 1.54) is 16.8 Å². The average Bonchev–Trinajstić information content (AvgIpc) is 2.85. The van der Waals surface area contributed by atoms with E-state index < -0.39 is 0 Å². The van der Waals surface area contributed by atoms with Crippen LogP contribution in [0.5, 0.6) is 0 Å². The van der Waals surface area contributed by atoms with Crippen LogP contribution in [0.15, 0.2) is 48.8 Å². The Morgan fingerprint density at radius 2 is 1.76 bits per heavy atom. The summed E-state index contributed by atoms with van der Waals surface area (Å²) in [6, 6.07) is 11.3. The zero-order valence-electron chi connectivity index (χ0n) is 10.9. The molecule has 3 aromatic rings. The molecule has 6 heteroatoms. The molecule has 102 valence electrons. The zero-order chi connectivity index (χ0) is 14.8. The molecule has 5 nitrogen and oxygen atoms in total. The maximum Gasteiger partial charge on any atom is 0.145 e. The number of anilines is 1. The molecule has 0 aliphatic carbocycles. The molecule has 0 aliphatic rings. The number of benzene rings is 1. The van der Waals surface area contributed by atoms with E-state index in [0.717, 1.165) is 0 Å². The largest absolute Gasteiger partial charge is 0.382 e. The molecule has 0 saturated heterocycles. The highest BCUT2D eigenvalue weighted by Crippen LogP contribution is 2.28. The molecule has 0 atom stereocenters. The summed E-state index contributed by atoms with van der Waals surface area (Å²) in [5.41, 5.74) is 8.02. The van der Waals surface area contributed by atoms with Gasteiger partial charge in [0, 0.05) is 18.0 Å². The van der Waals surface area contributed by atoms with E-state index >= 15 is 0 Å². The van der Waals surface area contributed by atoms with Crippen LogP contribution in [-0.4, -0.2) is 14.8 Å². The first-order valence-corrected chi connectivity index (χ1v) is 6.15. The number of hydrogen-bond acceptors (Lipinski definition) is 4. The Balaban J connectivity index is 2.19. The topological polar surface area (TPSA) is 80.5 Å². The average molecular weight is 279 g/mol. The van der Waals surface area contributed by atoms with E-state index in [1.807, 2.05) is 6.07 Å². The lowest BCUT2D eigenvalue weighted by atomic mass is 10.1. The molecule has 0 radical (unpaired) electrons. The third kappa shape index (κ3) is 2.21. The third-order valence-electron chi connectivity index (χ3n) is 3.06. The minimum atomic E-state index is -0.348. The van der Waals surface area contributed by atoms with Gasteiger partial charge in [-0.25, -0.2) is 9.07 Å². The number of halogens is 1. The molecular formula is C15H10FN5. The second-order valence-electron chi connectivity index (χ2n) is 4.34. The van der Waals surface area contributed by atoms with Crippen molar-refractivity contribution in [2.45, 2.75) is 0 Å². The van der Waals surface area contributed by atoms with Crippen molar-refractivity contribution in [3.63, 3.8) is 0 Å². The fraction of sp³-hybridized carbons (Fsp3) is 0. The number of nitrogen functional groups attached to an aromatic ring is 1. The summed E-state index contributed by atoms with van der Waals surface area (Å²) in [5.74, 6) is -0.109. The highest BCUT2D eigenvalue weighted by molar-refractivity contribution is 5.73. The second-order valence-corrected chi connectivity index (χ2v) is 4.34. The van der Waals surface area contributed by atoms with E-state index in [-0.39, 0.29) is 17.2 Å². The predicted octanol–water partition coefficient (Wildman–Crippen LogP) is 2.53. The van der Waals surface area contributed by atoms with Crippen LogP contribution in [-0.2, 0) is 0 Å². The standard InChI is InChI=1S/C15H10FN5/c16-11-3-1-10(2-4-11)14-13(9-17)15(18)21(20-14)12-5-7-19-8-6-12/h1-8H,18H2. The van der Waals surface area contributed by atoms with Crippen molar-refractivity contribution in [2.75, 3.05) is 5.73 Å². The Bertz CT molecular complexity index is 816. The fourth-order valence-corrected chi connectivity index (χ4v) is 2.03. The molecule has 0 aliphatic heterocycles. The van der Waals surface area contributed by atoms with Crippen molar-refractivity contribution in [3.8, 4) is 23.0 Å². The smallest absolute Gasteiger partial charge is 0.145 e. The molecule has 2 N–H and O–H groups in total. The summed E-state index contributed by atoms with van der Waals surface area (Å²) in [7, 11) is 0. The first-order chi connectivity index (χ1) is 10.2. The summed E-state index contributed by atoms with van der Waals surface area (Å²) < 4.78 is 14.5. The van der Waals surface area contributed by atoms with Gasteiger partial charge in [-0.15, -0.1) is 0 Å². The first-order valence-electron chi connectivity index (χ1n) is 6.15. The molecule has 0 unspecified atom stereocenters. The monoisotopic (exact) mass is 279 g/mol. The molecule has 0 saturated carbocycles. The molecule has 0 bridgehead atoms. The van der Waals surface area contributed by atoms with Crippen LogP contribution >= 0.6 is 0 Å². The van der Waals surface area contributed by atoms with Gasteiger partial charge in [-0.05, 0) is 36.4 Å². The molecule has 0 fully saturated rings. The van der Waals surface area contributed by atoms with Gasteiger partial charge < -0.3 is 5.73 Å². The molecule has 0 amide bonds. The number of pyridine rings is 1. The highest BCUT2D eigenvalue weighted by Gasteiger charge is 2.17. The molecule has 3 rings (SSSR count). The van der Waals surface area contributed by atoms with Gasteiger partial charge in [0.2, 0.25) is 0 Å². The van der Waals surface area contributed by atoms with Gasteiger partial charge in [0.25, 0.3) is 0 Å². The van der Waals surface area contributed by atoms with Gasteiger partial charge >= 0.3 is 0 Å². The zero-order valence-corrected chi connectivity index (χ0v) is 10.9. The number of nitriles is 1. The fourth-order valence-electron chi connectivity index (χ4n) is 2.03. The molecule has 21 heavy (non-hydrogen) atoms. The molecule has 2 heterocycles. The Hall–Kier alpha value is -3.20. The van der Waals surface area contributed by atoms with Gasteiger partial charge in [-0.1, -0.05) is 0 Å². The highest BCUT2D eigenvalue weighted by atomic mass is 19.1. The second kappa shape index (κ2) is 5.06. The Morgan fingerprint density at radius 3 is 2.38 bits per heavy atom. The van der Waals surface area contributed by atoms with Gasteiger partial charge in [0.1, 0.15) is 29.0 Å². The lowest BCUT2D eigenvalue weighted by molar-refractivity contribution is 0.628. The summed E-state index contributed by atoms with van der Waals surface area (Å²) in [6.07, 6.45) is 3.22. The van der Waals surface area contributed by atoms with Gasteiger partial charge in [0.15, 0.2) is 0 Å². The van der Waals surface area contributed by atoms with E-state index in [4.69, 9.17) is 5.73 Å². The van der Waals surface area contributed by atoms with Crippen LogP contribution in [0, 0.1) is 17.1 Å². The van der Waals surface area contributed by atoms with E-state index in [2.05, 4.69) is 10.1 Å². The Kier molecular flexibility index (Phi) is 3.09. The van der Waals surface area contributed by atoms with Crippen LogP contribution in [0.4, 0.5) is 10.2 Å². The van der Waals surface area contributed by atoms with Crippen molar-refractivity contribution in [2.24, 2.45) is 0 Å². The third-order valence-corrected chi connectivity index (χ3v) is 3.06. The molecule has 2 aromatic heterocycles. The minimum absolute atomic E-state index is 0.239. The maximum atomic E-state index is 13.0. The lowest BCUT2D eigenvalue weighted by Crippen LogP contribution is -2.02. The molecular weight excluding hydrogens is 269 g/mol. The van der Waals surface area contributed by atoms with Crippen LogP contribution in [0.2, 0.25) is 0 Å². The molecule has 0 spiro atoms. The molecule has 1 aromatic carbocycles. The lowest BCUT2D eigenvalue weighted by Gasteiger charge is -2.02. The Morgan fingerprint density at radius 1 is 1.10 bits per heavy atom. The Labute approximate surface area is 120 Å². The van der Waals surface area contributed by atoms with Crippen molar-refractivity contribution in [3.05, 3.63) is 60.2 Å². The van der Waals surface area contributed by atoms with Gasteiger partial charge in [0.05, 0.1) is 5.69 Å². The first kappa shape index (κ1) is 12.8. The van der Waals surface area contributed by atoms with Crippen molar-refractivity contribution in [1.29, 1.82) is 5.26 Å². The van der Waals surface area contributed by atoms with Crippen LogP contribution in [0.3, 0.4) is 0 Å². The summed E-state index contributed by atoms with van der Waals surface area (Å²) in [4.78, 5) is 3.93. The van der Waals surface area contributed by atoms with Gasteiger partial charge in [-0.3, -0.25) is 4.98 Å².